The van der Waals surface area contributed by atoms with Crippen LogP contribution in [-0.4, -0.2) is 15.1 Å². The zero-order valence-electron chi connectivity index (χ0n) is 5.19. The van der Waals surface area contributed by atoms with Gasteiger partial charge in [0.05, 0.1) is 11.7 Å². The third kappa shape index (κ3) is 1.31. The summed E-state index contributed by atoms with van der Waals surface area (Å²) in [4.78, 5) is 8.72. The van der Waals surface area contributed by atoms with Crippen LogP contribution in [0.15, 0.2) is 21.0 Å². The van der Waals surface area contributed by atoms with Crippen molar-refractivity contribution in [2.75, 3.05) is 0 Å². The van der Waals surface area contributed by atoms with E-state index in [-0.39, 0.29) is 0 Å². The highest BCUT2D eigenvalue weighted by Gasteiger charge is 2.06. The third-order valence-electron chi connectivity index (χ3n) is 1.04. The SMILES string of the molecule is Brc1noc(-c2cncs2)n1. The summed E-state index contributed by atoms with van der Waals surface area (Å²) in [5.41, 5.74) is 1.72. The summed E-state index contributed by atoms with van der Waals surface area (Å²) in [6.07, 6.45) is 1.69. The minimum absolute atomic E-state index is 0.459. The fourth-order valence-electron chi connectivity index (χ4n) is 0.627. The Morgan fingerprint density at radius 2 is 2.45 bits per heavy atom. The monoisotopic (exact) mass is 231 g/mol. The first-order valence-corrected chi connectivity index (χ1v) is 4.41. The van der Waals surface area contributed by atoms with Gasteiger partial charge in [0.25, 0.3) is 5.89 Å². The molecule has 0 aliphatic rings. The lowest BCUT2D eigenvalue weighted by Crippen LogP contribution is -1.68. The fraction of sp³-hybridized carbons (Fsp3) is 0. The molecule has 0 spiro atoms. The number of hydrogen-bond acceptors (Lipinski definition) is 5. The van der Waals surface area contributed by atoms with Crippen LogP contribution in [-0.2, 0) is 0 Å². The van der Waals surface area contributed by atoms with Gasteiger partial charge in [-0.15, -0.1) is 11.3 Å². The van der Waals surface area contributed by atoms with Gasteiger partial charge >= 0.3 is 0 Å². The van der Waals surface area contributed by atoms with Crippen molar-refractivity contribution in [1.29, 1.82) is 0 Å². The largest absolute Gasteiger partial charge is 0.332 e. The molecule has 56 valence electrons. The predicted octanol–water partition coefficient (Wildman–Crippen LogP) is 1.96. The normalized spacial score (nSPS) is 10.3. The van der Waals surface area contributed by atoms with Gasteiger partial charge in [0.2, 0.25) is 4.73 Å². The topological polar surface area (TPSA) is 51.8 Å². The zero-order valence-corrected chi connectivity index (χ0v) is 7.59. The molecule has 11 heavy (non-hydrogen) atoms. The van der Waals surface area contributed by atoms with Gasteiger partial charge in [-0.05, 0) is 21.1 Å². The summed E-state index contributed by atoms with van der Waals surface area (Å²) < 4.78 is 5.33. The molecule has 0 N–H and O–H groups in total. The molecule has 0 aliphatic carbocycles. The molecule has 0 atom stereocenters. The summed E-state index contributed by atoms with van der Waals surface area (Å²) in [6.45, 7) is 0. The molecule has 0 bridgehead atoms. The Kier molecular flexibility index (Phi) is 1.71. The Morgan fingerprint density at radius 3 is 3.00 bits per heavy atom. The third-order valence-corrected chi connectivity index (χ3v) is 2.13. The molecule has 0 saturated heterocycles. The lowest BCUT2D eigenvalue weighted by Gasteiger charge is -1.79. The molecule has 0 saturated carbocycles. The van der Waals surface area contributed by atoms with Gasteiger partial charge in [-0.3, -0.25) is 4.98 Å². The molecule has 0 aliphatic heterocycles. The van der Waals surface area contributed by atoms with E-state index in [4.69, 9.17) is 4.52 Å². The summed E-state index contributed by atoms with van der Waals surface area (Å²) in [5, 5.41) is 3.58. The number of aromatic nitrogens is 3. The molecule has 2 heterocycles. The Balaban J connectivity index is 2.45. The van der Waals surface area contributed by atoms with E-state index in [0.29, 0.717) is 10.6 Å². The average molecular weight is 232 g/mol. The minimum Gasteiger partial charge on any atom is -0.332 e. The molecule has 0 unspecified atom stereocenters. The van der Waals surface area contributed by atoms with Crippen LogP contribution in [0.5, 0.6) is 0 Å². The van der Waals surface area contributed by atoms with Crippen molar-refractivity contribution < 1.29 is 4.52 Å². The summed E-state index contributed by atoms with van der Waals surface area (Å²) in [6, 6.07) is 0. The van der Waals surface area contributed by atoms with E-state index in [1.54, 1.807) is 11.7 Å². The van der Waals surface area contributed by atoms with Crippen molar-refractivity contribution >= 4 is 27.3 Å². The standard InChI is InChI=1S/C5H2BrN3OS/c6-5-8-4(10-9-5)3-1-7-2-11-3/h1-2H. The molecule has 0 radical (unpaired) electrons. The maximum absolute atomic E-state index is 4.87. The molecule has 4 nitrogen and oxygen atoms in total. The second-order valence-electron chi connectivity index (χ2n) is 1.73. The first kappa shape index (κ1) is 6.93. The molecule has 2 aromatic rings. The highest BCUT2D eigenvalue weighted by Crippen LogP contribution is 2.21. The van der Waals surface area contributed by atoms with Crippen LogP contribution < -0.4 is 0 Å². The molecule has 0 fully saturated rings. The Labute approximate surface area is 74.4 Å². The molecule has 2 rings (SSSR count). The second-order valence-corrected chi connectivity index (χ2v) is 3.33. The van der Waals surface area contributed by atoms with Gasteiger partial charge in [-0.2, -0.15) is 4.98 Å². The first-order chi connectivity index (χ1) is 5.36. The van der Waals surface area contributed by atoms with Crippen molar-refractivity contribution in [3.63, 3.8) is 0 Å². The van der Waals surface area contributed by atoms with Crippen LogP contribution in [0.3, 0.4) is 0 Å². The Bertz CT molecular complexity index is 344. The van der Waals surface area contributed by atoms with Gasteiger partial charge in [-0.25, -0.2) is 0 Å². The minimum atomic E-state index is 0.459. The lowest BCUT2D eigenvalue weighted by atomic mass is 10.6. The average Bonchev–Trinajstić information content (AvgIpc) is 2.55. The number of nitrogens with zero attached hydrogens (tertiary/aromatic N) is 3. The first-order valence-electron chi connectivity index (χ1n) is 2.74. The van der Waals surface area contributed by atoms with Crippen LogP contribution in [0.4, 0.5) is 0 Å². The maximum atomic E-state index is 4.87. The molecule has 0 aromatic carbocycles. The van der Waals surface area contributed by atoms with E-state index in [2.05, 4.69) is 31.1 Å². The van der Waals surface area contributed by atoms with E-state index in [0.717, 1.165) is 4.88 Å². The Hall–Kier alpha value is -0.750. The van der Waals surface area contributed by atoms with Crippen LogP contribution in [0, 0.1) is 0 Å². The van der Waals surface area contributed by atoms with Crippen LogP contribution in [0.1, 0.15) is 0 Å². The van der Waals surface area contributed by atoms with E-state index < -0.39 is 0 Å². The number of halogens is 1. The van der Waals surface area contributed by atoms with Crippen LogP contribution in [0.2, 0.25) is 0 Å². The predicted molar refractivity (Wildman–Crippen MR) is 43.1 cm³/mol. The Morgan fingerprint density at radius 1 is 1.55 bits per heavy atom. The zero-order chi connectivity index (χ0) is 7.68. The van der Waals surface area contributed by atoms with Gasteiger partial charge in [0.1, 0.15) is 4.88 Å². The van der Waals surface area contributed by atoms with Crippen molar-refractivity contribution in [1.82, 2.24) is 15.1 Å². The smallest absolute Gasteiger partial charge is 0.270 e. The molecule has 0 amide bonds. The highest BCUT2D eigenvalue weighted by molar-refractivity contribution is 9.10. The quantitative estimate of drug-likeness (QED) is 0.753. The van der Waals surface area contributed by atoms with E-state index in [1.165, 1.54) is 11.3 Å². The van der Waals surface area contributed by atoms with Crippen molar-refractivity contribution in [3.05, 3.63) is 16.4 Å². The van der Waals surface area contributed by atoms with E-state index >= 15 is 0 Å². The second kappa shape index (κ2) is 2.71. The lowest BCUT2D eigenvalue weighted by molar-refractivity contribution is 0.427. The maximum Gasteiger partial charge on any atom is 0.270 e. The molecular weight excluding hydrogens is 230 g/mol. The fourth-order valence-corrected chi connectivity index (χ4v) is 1.40. The summed E-state index contributed by atoms with van der Waals surface area (Å²) in [7, 11) is 0. The van der Waals surface area contributed by atoms with E-state index in [1.807, 2.05) is 0 Å². The molecule has 6 heteroatoms. The summed E-state index contributed by atoms with van der Waals surface area (Å²) >= 11 is 4.55. The van der Waals surface area contributed by atoms with Crippen LogP contribution >= 0.6 is 27.3 Å². The molecular formula is C5H2BrN3OS. The van der Waals surface area contributed by atoms with Gasteiger partial charge in [-0.1, -0.05) is 0 Å². The summed E-state index contributed by atoms with van der Waals surface area (Å²) in [5.74, 6) is 0.499. The molecule has 2 aromatic heterocycles. The highest BCUT2D eigenvalue weighted by atomic mass is 79.9. The van der Waals surface area contributed by atoms with E-state index in [9.17, 15) is 0 Å². The van der Waals surface area contributed by atoms with Crippen molar-refractivity contribution in [2.45, 2.75) is 0 Å². The van der Waals surface area contributed by atoms with Gasteiger partial charge < -0.3 is 4.52 Å². The van der Waals surface area contributed by atoms with Crippen molar-refractivity contribution in [2.24, 2.45) is 0 Å². The number of rotatable bonds is 1. The van der Waals surface area contributed by atoms with Gasteiger partial charge in [0.15, 0.2) is 0 Å². The number of thiazole rings is 1. The van der Waals surface area contributed by atoms with Gasteiger partial charge in [0, 0.05) is 0 Å². The van der Waals surface area contributed by atoms with Crippen molar-refractivity contribution in [3.8, 4) is 10.8 Å². The van der Waals surface area contributed by atoms with Crippen LogP contribution in [0.25, 0.3) is 10.8 Å². The number of hydrogen-bond donors (Lipinski definition) is 0.